The first-order valence-electron chi connectivity index (χ1n) is 8.95. The lowest BCUT2D eigenvalue weighted by molar-refractivity contribution is -0.119. The van der Waals surface area contributed by atoms with Gasteiger partial charge >= 0.3 is 0 Å². The Morgan fingerprint density at radius 3 is 2.33 bits per heavy atom. The zero-order valence-electron chi connectivity index (χ0n) is 15.7. The van der Waals surface area contributed by atoms with Gasteiger partial charge in [0.1, 0.15) is 6.04 Å². The van der Waals surface area contributed by atoms with Crippen LogP contribution in [0.2, 0.25) is 0 Å². The van der Waals surface area contributed by atoms with E-state index in [0.29, 0.717) is 22.7 Å². The number of hydrogen-bond acceptors (Lipinski definition) is 4. The number of nitrogens with one attached hydrogen (secondary N) is 3. The van der Waals surface area contributed by atoms with E-state index in [4.69, 9.17) is 0 Å². The van der Waals surface area contributed by atoms with E-state index >= 15 is 0 Å². The van der Waals surface area contributed by atoms with Crippen molar-refractivity contribution in [2.24, 2.45) is 5.92 Å². The van der Waals surface area contributed by atoms with Crippen molar-refractivity contribution >= 4 is 40.4 Å². The van der Waals surface area contributed by atoms with Crippen molar-refractivity contribution in [3.8, 4) is 0 Å². The van der Waals surface area contributed by atoms with E-state index in [1.165, 1.54) is 11.3 Å². The van der Waals surface area contributed by atoms with Gasteiger partial charge in [-0.05, 0) is 42.0 Å². The van der Waals surface area contributed by atoms with E-state index in [1.807, 2.05) is 26.2 Å². The Balaban J connectivity index is 2.04. The summed E-state index contributed by atoms with van der Waals surface area (Å²) in [5, 5.41) is 10.2. The average molecular weight is 388 g/mol. The van der Waals surface area contributed by atoms with Gasteiger partial charge in [-0.15, -0.1) is 11.3 Å². The van der Waals surface area contributed by atoms with Crippen LogP contribution in [0.15, 0.2) is 41.8 Å². The normalized spacial score (nSPS) is 11.7. The zero-order valence-corrected chi connectivity index (χ0v) is 16.6. The highest BCUT2D eigenvalue weighted by molar-refractivity contribution is 7.12. The zero-order chi connectivity index (χ0) is 19.8. The van der Waals surface area contributed by atoms with Crippen LogP contribution < -0.4 is 16.0 Å². The van der Waals surface area contributed by atoms with E-state index in [0.717, 1.165) is 6.42 Å². The molecule has 1 aromatic carbocycles. The monoisotopic (exact) mass is 387 g/mol. The largest absolute Gasteiger partial charge is 0.339 e. The molecule has 0 radical (unpaired) electrons. The molecule has 7 heteroatoms. The molecule has 1 atom stereocenters. The van der Waals surface area contributed by atoms with Gasteiger partial charge in [0.15, 0.2) is 0 Å². The number of anilines is 2. The molecule has 0 aliphatic carbocycles. The molecule has 0 saturated heterocycles. The van der Waals surface area contributed by atoms with Crippen LogP contribution in [-0.4, -0.2) is 23.8 Å². The molecule has 0 aliphatic rings. The van der Waals surface area contributed by atoms with Crippen molar-refractivity contribution in [3.05, 3.63) is 46.7 Å². The van der Waals surface area contributed by atoms with Gasteiger partial charge in [-0.3, -0.25) is 14.4 Å². The third-order valence-corrected chi connectivity index (χ3v) is 4.74. The second-order valence-corrected chi connectivity index (χ2v) is 7.49. The van der Waals surface area contributed by atoms with E-state index in [-0.39, 0.29) is 23.6 Å². The minimum absolute atomic E-state index is 0.0655. The van der Waals surface area contributed by atoms with Crippen LogP contribution in [0.5, 0.6) is 0 Å². The van der Waals surface area contributed by atoms with Crippen LogP contribution in [0.25, 0.3) is 0 Å². The number of benzene rings is 1. The van der Waals surface area contributed by atoms with Gasteiger partial charge in [-0.1, -0.05) is 32.9 Å². The van der Waals surface area contributed by atoms with E-state index in [9.17, 15) is 14.4 Å². The molecule has 2 aromatic rings. The van der Waals surface area contributed by atoms with Crippen LogP contribution in [0.3, 0.4) is 0 Å². The van der Waals surface area contributed by atoms with Gasteiger partial charge in [-0.2, -0.15) is 0 Å². The molecule has 1 aromatic heterocycles. The molecular weight excluding hydrogens is 362 g/mol. The number of hydrogen-bond donors (Lipinski definition) is 3. The minimum atomic E-state index is -0.669. The summed E-state index contributed by atoms with van der Waals surface area (Å²) in [6, 6.07) is 9.81. The third-order valence-electron chi connectivity index (χ3n) is 3.87. The van der Waals surface area contributed by atoms with Gasteiger partial charge in [-0.25, -0.2) is 0 Å². The predicted molar refractivity (Wildman–Crippen MR) is 109 cm³/mol. The lowest BCUT2D eigenvalue weighted by atomic mass is 10.0. The van der Waals surface area contributed by atoms with Crippen LogP contribution >= 0.6 is 11.3 Å². The van der Waals surface area contributed by atoms with Crippen molar-refractivity contribution in [2.45, 2.75) is 39.7 Å². The summed E-state index contributed by atoms with van der Waals surface area (Å²) in [6.07, 6.45) is 1.21. The van der Waals surface area contributed by atoms with Crippen molar-refractivity contribution in [1.29, 1.82) is 0 Å². The molecule has 3 N–H and O–H groups in total. The fourth-order valence-corrected chi connectivity index (χ4v) is 3.13. The standard InChI is InChI=1S/C20H25N3O3S/c1-4-7-17(24)21-14-8-5-9-15(12-14)22-20(26)18(13(2)3)23-19(25)16-10-6-11-27-16/h5-6,8-13,18H,4,7H2,1-3H3,(H,21,24)(H,22,26)(H,23,25). The molecule has 2 rings (SSSR count). The molecule has 1 heterocycles. The Kier molecular flexibility index (Phi) is 7.55. The van der Waals surface area contributed by atoms with Crippen LogP contribution in [0.1, 0.15) is 43.3 Å². The smallest absolute Gasteiger partial charge is 0.262 e. The molecule has 0 fully saturated rings. The molecule has 1 unspecified atom stereocenters. The highest BCUT2D eigenvalue weighted by atomic mass is 32.1. The Hall–Kier alpha value is -2.67. The highest BCUT2D eigenvalue weighted by Crippen LogP contribution is 2.17. The quantitative estimate of drug-likeness (QED) is 0.642. The number of carbonyl (C=O) groups excluding carboxylic acids is 3. The minimum Gasteiger partial charge on any atom is -0.339 e. The summed E-state index contributed by atoms with van der Waals surface area (Å²) in [7, 11) is 0. The first-order chi connectivity index (χ1) is 12.9. The van der Waals surface area contributed by atoms with Gasteiger partial charge in [0, 0.05) is 17.8 Å². The summed E-state index contributed by atoms with van der Waals surface area (Å²) in [4.78, 5) is 37.3. The van der Waals surface area contributed by atoms with Crippen LogP contribution in [0, 0.1) is 5.92 Å². The Morgan fingerprint density at radius 1 is 1.04 bits per heavy atom. The Labute approximate surface area is 163 Å². The van der Waals surface area contributed by atoms with Crippen LogP contribution in [-0.2, 0) is 9.59 Å². The average Bonchev–Trinajstić information content (AvgIpc) is 3.14. The van der Waals surface area contributed by atoms with Crippen molar-refractivity contribution in [3.63, 3.8) is 0 Å². The summed E-state index contributed by atoms with van der Waals surface area (Å²) < 4.78 is 0. The Bertz CT molecular complexity index is 788. The Morgan fingerprint density at radius 2 is 1.74 bits per heavy atom. The molecule has 6 nitrogen and oxygen atoms in total. The van der Waals surface area contributed by atoms with Gasteiger partial charge in [0.2, 0.25) is 11.8 Å². The van der Waals surface area contributed by atoms with Crippen molar-refractivity contribution < 1.29 is 14.4 Å². The van der Waals surface area contributed by atoms with Gasteiger partial charge in [0.05, 0.1) is 4.88 Å². The number of carbonyl (C=O) groups is 3. The molecule has 0 aliphatic heterocycles. The number of amides is 3. The maximum Gasteiger partial charge on any atom is 0.262 e. The number of rotatable bonds is 8. The molecular formula is C20H25N3O3S. The summed E-state index contributed by atoms with van der Waals surface area (Å²) in [5.41, 5.74) is 1.18. The second kappa shape index (κ2) is 9.87. The fraction of sp³-hybridized carbons (Fsp3) is 0.350. The molecule has 0 bridgehead atoms. The summed E-state index contributed by atoms with van der Waals surface area (Å²) >= 11 is 1.33. The van der Waals surface area contributed by atoms with Gasteiger partial charge < -0.3 is 16.0 Å². The fourth-order valence-electron chi connectivity index (χ4n) is 2.50. The molecule has 0 saturated carbocycles. The number of thiophene rings is 1. The predicted octanol–water partition coefficient (Wildman–Crippen LogP) is 3.88. The third kappa shape index (κ3) is 6.21. The molecule has 27 heavy (non-hydrogen) atoms. The molecule has 144 valence electrons. The van der Waals surface area contributed by atoms with Crippen molar-refractivity contribution in [1.82, 2.24) is 5.32 Å². The first kappa shape index (κ1) is 20.6. The first-order valence-corrected chi connectivity index (χ1v) is 9.83. The van der Waals surface area contributed by atoms with Crippen molar-refractivity contribution in [2.75, 3.05) is 10.6 Å². The second-order valence-electron chi connectivity index (χ2n) is 6.54. The lowest BCUT2D eigenvalue weighted by Crippen LogP contribution is -2.46. The van der Waals surface area contributed by atoms with E-state index < -0.39 is 6.04 Å². The van der Waals surface area contributed by atoms with E-state index in [1.54, 1.807) is 36.4 Å². The summed E-state index contributed by atoms with van der Waals surface area (Å²) in [5.74, 6) is -0.711. The van der Waals surface area contributed by atoms with Crippen LogP contribution in [0.4, 0.5) is 11.4 Å². The van der Waals surface area contributed by atoms with Gasteiger partial charge in [0.25, 0.3) is 5.91 Å². The molecule has 3 amide bonds. The maximum absolute atomic E-state index is 12.7. The molecule has 0 spiro atoms. The SMILES string of the molecule is CCCC(=O)Nc1cccc(NC(=O)C(NC(=O)c2cccs2)C(C)C)c1. The highest BCUT2D eigenvalue weighted by Gasteiger charge is 2.25. The topological polar surface area (TPSA) is 87.3 Å². The lowest BCUT2D eigenvalue weighted by Gasteiger charge is -2.21. The maximum atomic E-state index is 12.7. The van der Waals surface area contributed by atoms with E-state index in [2.05, 4.69) is 16.0 Å². The summed E-state index contributed by atoms with van der Waals surface area (Å²) in [6.45, 7) is 5.69.